The number of benzene rings is 1. The lowest BCUT2D eigenvalue weighted by molar-refractivity contribution is 0.0644. The van der Waals surface area contributed by atoms with Gasteiger partial charge in [0, 0.05) is 18.8 Å². The van der Waals surface area contributed by atoms with E-state index in [9.17, 15) is 0 Å². The van der Waals surface area contributed by atoms with Gasteiger partial charge in [0.25, 0.3) is 0 Å². The van der Waals surface area contributed by atoms with E-state index in [-0.39, 0.29) is 5.54 Å². The largest absolute Gasteiger partial charge is 0.377 e. The van der Waals surface area contributed by atoms with Crippen molar-refractivity contribution in [2.75, 3.05) is 24.7 Å². The summed E-state index contributed by atoms with van der Waals surface area (Å²) in [6, 6.07) is 8.46. The zero-order valence-electron chi connectivity index (χ0n) is 10.1. The zero-order chi connectivity index (χ0) is 11.6. The average Bonchev–Trinajstić information content (AvgIpc) is 2.28. The van der Waals surface area contributed by atoms with Gasteiger partial charge in [-0.25, -0.2) is 0 Å². The Morgan fingerprint density at radius 2 is 2.25 bits per heavy atom. The van der Waals surface area contributed by atoms with Crippen molar-refractivity contribution in [3.63, 3.8) is 0 Å². The summed E-state index contributed by atoms with van der Waals surface area (Å²) in [6.07, 6.45) is 0. The topological polar surface area (TPSA) is 38.5 Å². The van der Waals surface area contributed by atoms with E-state index in [1.807, 2.05) is 0 Å². The zero-order valence-corrected chi connectivity index (χ0v) is 10.1. The molecule has 0 bridgehead atoms. The molecular weight excluding hydrogens is 200 g/mol. The second kappa shape index (κ2) is 4.44. The Hall–Kier alpha value is -1.06. The van der Waals surface area contributed by atoms with E-state index >= 15 is 0 Å². The van der Waals surface area contributed by atoms with Crippen LogP contribution in [0.1, 0.15) is 19.4 Å². The minimum Gasteiger partial charge on any atom is -0.377 e. The summed E-state index contributed by atoms with van der Waals surface area (Å²) in [5, 5.41) is 0. The van der Waals surface area contributed by atoms with Crippen molar-refractivity contribution in [1.82, 2.24) is 0 Å². The highest BCUT2D eigenvalue weighted by Crippen LogP contribution is 2.27. The molecule has 1 aliphatic heterocycles. The molecule has 88 valence electrons. The predicted octanol–water partition coefficient (Wildman–Crippen LogP) is 1.76. The maximum atomic E-state index is 5.67. The molecule has 1 aromatic rings. The summed E-state index contributed by atoms with van der Waals surface area (Å²) in [7, 11) is 0. The molecule has 0 radical (unpaired) electrons. The molecule has 1 heterocycles. The summed E-state index contributed by atoms with van der Waals surface area (Å²) in [5.74, 6) is 0. The van der Waals surface area contributed by atoms with Crippen LogP contribution >= 0.6 is 0 Å². The Morgan fingerprint density at radius 1 is 1.44 bits per heavy atom. The third-order valence-corrected chi connectivity index (χ3v) is 3.10. The molecule has 0 amide bonds. The number of rotatable bonds is 2. The molecule has 3 nitrogen and oxygen atoms in total. The molecule has 1 saturated heterocycles. The Bertz CT molecular complexity index is 363. The van der Waals surface area contributed by atoms with E-state index in [1.54, 1.807) is 0 Å². The van der Waals surface area contributed by atoms with E-state index in [1.165, 1.54) is 11.3 Å². The Kier molecular flexibility index (Phi) is 3.17. The molecule has 1 fully saturated rings. The number of hydrogen-bond acceptors (Lipinski definition) is 3. The molecular formula is C13H20N2O. The van der Waals surface area contributed by atoms with Crippen LogP contribution in [-0.2, 0) is 11.3 Å². The van der Waals surface area contributed by atoms with Crippen molar-refractivity contribution in [1.29, 1.82) is 0 Å². The monoisotopic (exact) mass is 220 g/mol. The smallest absolute Gasteiger partial charge is 0.0694 e. The van der Waals surface area contributed by atoms with Crippen molar-refractivity contribution < 1.29 is 4.74 Å². The molecule has 1 aromatic carbocycles. The molecule has 1 aliphatic rings. The summed E-state index contributed by atoms with van der Waals surface area (Å²) >= 11 is 0. The van der Waals surface area contributed by atoms with E-state index < -0.39 is 0 Å². The molecule has 2 rings (SSSR count). The van der Waals surface area contributed by atoms with Crippen molar-refractivity contribution in [3.8, 4) is 0 Å². The van der Waals surface area contributed by atoms with Gasteiger partial charge in [0.15, 0.2) is 0 Å². The standard InChI is InChI=1S/C13H20N2O/c1-13(2)10-16-7-6-15(13)12-5-3-4-11(8-12)9-14/h3-5,8H,6-7,9-10,14H2,1-2H3. The third-order valence-electron chi connectivity index (χ3n) is 3.10. The number of hydrogen-bond donors (Lipinski definition) is 1. The van der Waals surface area contributed by atoms with Crippen molar-refractivity contribution >= 4 is 5.69 Å². The lowest BCUT2D eigenvalue weighted by Gasteiger charge is -2.44. The molecule has 0 unspecified atom stereocenters. The Morgan fingerprint density at radius 3 is 2.94 bits per heavy atom. The fourth-order valence-corrected chi connectivity index (χ4v) is 2.19. The second-order valence-electron chi connectivity index (χ2n) is 4.89. The van der Waals surface area contributed by atoms with Gasteiger partial charge in [-0.1, -0.05) is 12.1 Å². The molecule has 16 heavy (non-hydrogen) atoms. The van der Waals surface area contributed by atoms with Crippen LogP contribution in [0.5, 0.6) is 0 Å². The number of morpholine rings is 1. The SMILES string of the molecule is CC1(C)COCCN1c1cccc(CN)c1. The molecule has 0 atom stereocenters. The molecule has 3 heteroatoms. The van der Waals surface area contributed by atoms with Crippen LogP contribution < -0.4 is 10.6 Å². The highest BCUT2D eigenvalue weighted by molar-refractivity contribution is 5.51. The van der Waals surface area contributed by atoms with Gasteiger partial charge < -0.3 is 15.4 Å². The minimum absolute atomic E-state index is 0.0610. The first-order valence-corrected chi connectivity index (χ1v) is 5.78. The molecule has 0 spiro atoms. The van der Waals surface area contributed by atoms with E-state index in [4.69, 9.17) is 10.5 Å². The van der Waals surface area contributed by atoms with Gasteiger partial charge >= 0.3 is 0 Å². The fourth-order valence-electron chi connectivity index (χ4n) is 2.19. The Balaban J connectivity index is 2.27. The van der Waals surface area contributed by atoms with Crippen LogP contribution in [0.15, 0.2) is 24.3 Å². The average molecular weight is 220 g/mol. The number of anilines is 1. The van der Waals surface area contributed by atoms with Crippen LogP contribution in [0.2, 0.25) is 0 Å². The minimum atomic E-state index is 0.0610. The Labute approximate surface area is 97.2 Å². The number of nitrogens with zero attached hydrogens (tertiary/aromatic N) is 1. The molecule has 2 N–H and O–H groups in total. The van der Waals surface area contributed by atoms with Crippen LogP contribution in [0.4, 0.5) is 5.69 Å². The molecule has 0 saturated carbocycles. The normalized spacial score (nSPS) is 19.8. The first-order valence-electron chi connectivity index (χ1n) is 5.78. The van der Waals surface area contributed by atoms with Gasteiger partial charge in [0.2, 0.25) is 0 Å². The lowest BCUT2D eigenvalue weighted by atomic mass is 10.0. The maximum absolute atomic E-state index is 5.67. The van der Waals surface area contributed by atoms with E-state index in [0.717, 1.165) is 19.8 Å². The summed E-state index contributed by atoms with van der Waals surface area (Å²) in [4.78, 5) is 2.40. The van der Waals surface area contributed by atoms with E-state index in [2.05, 4.69) is 43.0 Å². The van der Waals surface area contributed by atoms with Gasteiger partial charge in [0.05, 0.1) is 18.8 Å². The number of ether oxygens (including phenoxy) is 1. The van der Waals surface area contributed by atoms with E-state index in [0.29, 0.717) is 6.54 Å². The summed E-state index contributed by atoms with van der Waals surface area (Å²) < 4.78 is 5.53. The third kappa shape index (κ3) is 2.20. The molecule has 0 aliphatic carbocycles. The highest BCUT2D eigenvalue weighted by Gasteiger charge is 2.30. The van der Waals surface area contributed by atoms with Gasteiger partial charge in [-0.3, -0.25) is 0 Å². The number of nitrogens with two attached hydrogens (primary N) is 1. The van der Waals surface area contributed by atoms with Crippen LogP contribution in [-0.4, -0.2) is 25.3 Å². The van der Waals surface area contributed by atoms with Crippen molar-refractivity contribution in [2.24, 2.45) is 5.73 Å². The quantitative estimate of drug-likeness (QED) is 0.825. The molecule has 0 aromatic heterocycles. The first-order chi connectivity index (χ1) is 7.63. The summed E-state index contributed by atoms with van der Waals surface area (Å²) in [6.45, 7) is 7.54. The van der Waals surface area contributed by atoms with Crippen LogP contribution in [0, 0.1) is 0 Å². The lowest BCUT2D eigenvalue weighted by Crippen LogP contribution is -2.53. The fraction of sp³-hybridized carbons (Fsp3) is 0.538. The van der Waals surface area contributed by atoms with Crippen LogP contribution in [0.3, 0.4) is 0 Å². The summed E-state index contributed by atoms with van der Waals surface area (Å²) in [5.41, 5.74) is 8.16. The first kappa shape index (κ1) is 11.4. The predicted molar refractivity (Wildman–Crippen MR) is 66.6 cm³/mol. The van der Waals surface area contributed by atoms with Gasteiger partial charge in [0.1, 0.15) is 0 Å². The van der Waals surface area contributed by atoms with Gasteiger partial charge in [-0.2, -0.15) is 0 Å². The van der Waals surface area contributed by atoms with Crippen molar-refractivity contribution in [3.05, 3.63) is 29.8 Å². The van der Waals surface area contributed by atoms with Crippen molar-refractivity contribution in [2.45, 2.75) is 25.9 Å². The van der Waals surface area contributed by atoms with Crippen LogP contribution in [0.25, 0.3) is 0 Å². The highest BCUT2D eigenvalue weighted by atomic mass is 16.5. The second-order valence-corrected chi connectivity index (χ2v) is 4.89. The maximum Gasteiger partial charge on any atom is 0.0694 e. The van der Waals surface area contributed by atoms with Gasteiger partial charge in [-0.05, 0) is 31.5 Å². The van der Waals surface area contributed by atoms with Gasteiger partial charge in [-0.15, -0.1) is 0 Å².